The molecule has 0 aliphatic carbocycles. The first-order chi connectivity index (χ1) is 13.6. The highest BCUT2D eigenvalue weighted by atomic mass is 79.9. The molecule has 29 heavy (non-hydrogen) atoms. The zero-order valence-electron chi connectivity index (χ0n) is 16.7. The van der Waals surface area contributed by atoms with Crippen LogP contribution in [0.1, 0.15) is 36.5 Å². The molecule has 0 aliphatic heterocycles. The van der Waals surface area contributed by atoms with Crippen LogP contribution in [-0.2, 0) is 10.2 Å². The molecule has 0 spiro atoms. The summed E-state index contributed by atoms with van der Waals surface area (Å²) in [5, 5.41) is 3.47. The summed E-state index contributed by atoms with van der Waals surface area (Å²) < 4.78 is 6.49. The predicted octanol–water partition coefficient (Wildman–Crippen LogP) is 4.18. The van der Waals surface area contributed by atoms with Crippen molar-refractivity contribution in [2.24, 2.45) is 0 Å². The largest absolute Gasteiger partial charge is 0.449 e. The van der Waals surface area contributed by atoms with Gasteiger partial charge in [-0.15, -0.1) is 0 Å². The van der Waals surface area contributed by atoms with Gasteiger partial charge in [-0.05, 0) is 30.3 Å². The molecule has 0 bridgehead atoms. The topological polar surface area (TPSA) is 101 Å². The average Bonchev–Trinajstić information content (AvgIpc) is 2.98. The minimum atomic E-state index is -0.493. The summed E-state index contributed by atoms with van der Waals surface area (Å²) in [6.07, 6.45) is 1.90. The van der Waals surface area contributed by atoms with Crippen LogP contribution in [0.25, 0.3) is 11.0 Å². The quantitative estimate of drug-likeness (QED) is 0.596. The van der Waals surface area contributed by atoms with Crippen molar-refractivity contribution in [3.63, 3.8) is 0 Å². The second-order valence-corrected chi connectivity index (χ2v) is 8.63. The van der Waals surface area contributed by atoms with Gasteiger partial charge in [0.1, 0.15) is 5.58 Å². The number of pyridine rings is 1. The lowest BCUT2D eigenvalue weighted by Crippen LogP contribution is -2.31. The lowest BCUT2D eigenvalue weighted by Gasteiger charge is -2.25. The van der Waals surface area contributed by atoms with Crippen molar-refractivity contribution in [1.29, 1.82) is 0 Å². The first kappa shape index (κ1) is 20.9. The third-order valence-electron chi connectivity index (χ3n) is 4.70. The van der Waals surface area contributed by atoms with Crippen molar-refractivity contribution in [3.05, 3.63) is 52.5 Å². The van der Waals surface area contributed by atoms with Gasteiger partial charge in [0.2, 0.25) is 11.7 Å². The molecule has 0 atom stereocenters. The Labute approximate surface area is 177 Å². The van der Waals surface area contributed by atoms with Gasteiger partial charge in [-0.25, -0.2) is 0 Å². The van der Waals surface area contributed by atoms with Crippen molar-refractivity contribution in [2.75, 3.05) is 25.1 Å². The number of rotatable bonds is 5. The zero-order valence-corrected chi connectivity index (χ0v) is 18.3. The fourth-order valence-electron chi connectivity index (χ4n) is 2.95. The third kappa shape index (κ3) is 4.42. The molecule has 0 radical (unpaired) electrons. The summed E-state index contributed by atoms with van der Waals surface area (Å²) in [6, 6.07) is 8.82. The summed E-state index contributed by atoms with van der Waals surface area (Å²) in [5.41, 5.74) is 7.69. The third-order valence-corrected chi connectivity index (χ3v) is 5.19. The number of aromatic nitrogens is 1. The lowest BCUT2D eigenvalue weighted by atomic mass is 9.84. The Kier molecular flexibility index (Phi) is 5.66. The number of hydrogen-bond acceptors (Lipinski definition) is 5. The Morgan fingerprint density at radius 2 is 1.97 bits per heavy atom. The average molecular weight is 459 g/mol. The summed E-state index contributed by atoms with van der Waals surface area (Å²) in [7, 11) is 3.44. The molecule has 3 aromatic rings. The number of fused-ring (bicyclic) bond motifs is 1. The fraction of sp³-hybridized carbons (Fsp3) is 0.286. The van der Waals surface area contributed by atoms with Gasteiger partial charge in [-0.1, -0.05) is 29.8 Å². The lowest BCUT2D eigenvalue weighted by molar-refractivity contribution is -0.129. The first-order valence-electron chi connectivity index (χ1n) is 9.04. The van der Waals surface area contributed by atoms with E-state index in [2.05, 4.69) is 26.2 Å². The molecule has 0 aliphatic rings. The van der Waals surface area contributed by atoms with E-state index in [1.54, 1.807) is 49.5 Å². The molecular weight excluding hydrogens is 436 g/mol. The Morgan fingerprint density at radius 3 is 2.66 bits per heavy atom. The molecule has 2 amide bonds. The molecule has 0 saturated heterocycles. The van der Waals surface area contributed by atoms with E-state index in [0.717, 1.165) is 4.47 Å². The summed E-state index contributed by atoms with van der Waals surface area (Å²) in [6.45, 7) is 3.88. The van der Waals surface area contributed by atoms with Gasteiger partial charge < -0.3 is 20.4 Å². The van der Waals surface area contributed by atoms with Gasteiger partial charge in [0.05, 0.1) is 5.69 Å². The van der Waals surface area contributed by atoms with Crippen molar-refractivity contribution >= 4 is 50.1 Å². The Bertz CT molecular complexity index is 1090. The molecule has 1 aromatic carbocycles. The fourth-order valence-corrected chi connectivity index (χ4v) is 3.31. The summed E-state index contributed by atoms with van der Waals surface area (Å²) in [5.74, 6) is -0.389. The molecular formula is C21H23BrN4O3. The molecule has 2 aromatic heterocycles. The van der Waals surface area contributed by atoms with Gasteiger partial charge in [-0.2, -0.15) is 0 Å². The van der Waals surface area contributed by atoms with Crippen molar-refractivity contribution in [2.45, 2.75) is 25.7 Å². The second-order valence-electron chi connectivity index (χ2n) is 7.72. The molecule has 3 rings (SSSR count). The van der Waals surface area contributed by atoms with E-state index >= 15 is 0 Å². The maximum absolute atomic E-state index is 12.7. The number of furan rings is 1. The molecule has 2 heterocycles. The van der Waals surface area contributed by atoms with Crippen LogP contribution in [0, 0.1) is 0 Å². The number of amides is 2. The number of carbonyl (C=O) groups is 2. The van der Waals surface area contributed by atoms with E-state index in [1.165, 1.54) is 0 Å². The first-order valence-corrected chi connectivity index (χ1v) is 9.83. The van der Waals surface area contributed by atoms with E-state index in [-0.39, 0.29) is 17.4 Å². The SMILES string of the molecule is CN(C)C(=O)CC(C)(C)c1cc(NC(=O)c2oc3ccc(Br)cc3c2N)ccn1. The van der Waals surface area contributed by atoms with E-state index in [0.29, 0.717) is 28.8 Å². The second kappa shape index (κ2) is 7.87. The normalized spacial score (nSPS) is 11.5. The monoisotopic (exact) mass is 458 g/mol. The van der Waals surface area contributed by atoms with Crippen LogP contribution in [0.2, 0.25) is 0 Å². The molecule has 7 nitrogen and oxygen atoms in total. The number of benzene rings is 1. The van der Waals surface area contributed by atoms with Crippen molar-refractivity contribution in [1.82, 2.24) is 9.88 Å². The van der Waals surface area contributed by atoms with Crippen LogP contribution in [0.4, 0.5) is 11.4 Å². The minimum absolute atomic E-state index is 0.00690. The van der Waals surface area contributed by atoms with Crippen LogP contribution >= 0.6 is 15.9 Å². The highest BCUT2D eigenvalue weighted by Gasteiger charge is 2.27. The van der Waals surface area contributed by atoms with E-state index in [1.807, 2.05) is 19.9 Å². The molecule has 0 saturated carbocycles. The van der Waals surface area contributed by atoms with Crippen LogP contribution in [0.3, 0.4) is 0 Å². The number of nitrogen functional groups attached to an aromatic ring is 1. The maximum Gasteiger partial charge on any atom is 0.293 e. The number of halogens is 1. The Balaban J connectivity index is 1.84. The minimum Gasteiger partial charge on any atom is -0.449 e. The standard InChI is InChI=1S/C21H23BrN4O3/c1-21(2,11-17(27)26(3)4)16-10-13(7-8-24-16)25-20(28)19-18(23)14-9-12(22)5-6-15(14)29-19/h5-10H,11,23H2,1-4H3,(H,24,25,28). The highest BCUT2D eigenvalue weighted by Crippen LogP contribution is 2.32. The maximum atomic E-state index is 12.7. The van der Waals surface area contributed by atoms with Gasteiger partial charge in [-0.3, -0.25) is 14.6 Å². The number of nitrogens with two attached hydrogens (primary N) is 1. The predicted molar refractivity (Wildman–Crippen MR) is 117 cm³/mol. The number of carbonyl (C=O) groups excluding carboxylic acids is 2. The van der Waals surface area contributed by atoms with Crippen molar-refractivity contribution in [3.8, 4) is 0 Å². The smallest absolute Gasteiger partial charge is 0.293 e. The number of nitrogens with zero attached hydrogens (tertiary/aromatic N) is 2. The molecule has 152 valence electrons. The van der Waals surface area contributed by atoms with Crippen LogP contribution in [-0.4, -0.2) is 35.8 Å². The summed E-state index contributed by atoms with van der Waals surface area (Å²) in [4.78, 5) is 30.8. The van der Waals surface area contributed by atoms with Crippen LogP contribution in [0.5, 0.6) is 0 Å². The van der Waals surface area contributed by atoms with Crippen molar-refractivity contribution < 1.29 is 14.0 Å². The van der Waals surface area contributed by atoms with Crippen LogP contribution < -0.4 is 11.1 Å². The van der Waals surface area contributed by atoms with Crippen LogP contribution in [0.15, 0.2) is 45.4 Å². The highest BCUT2D eigenvalue weighted by molar-refractivity contribution is 9.10. The van der Waals surface area contributed by atoms with Gasteiger partial charge in [0, 0.05) is 53.4 Å². The molecule has 8 heteroatoms. The molecule has 3 N–H and O–H groups in total. The van der Waals surface area contributed by atoms with E-state index < -0.39 is 11.3 Å². The number of anilines is 2. The molecule has 0 fully saturated rings. The van der Waals surface area contributed by atoms with Gasteiger partial charge >= 0.3 is 0 Å². The van der Waals surface area contributed by atoms with E-state index in [4.69, 9.17) is 10.2 Å². The zero-order chi connectivity index (χ0) is 21.3. The Morgan fingerprint density at radius 1 is 1.24 bits per heavy atom. The summed E-state index contributed by atoms with van der Waals surface area (Å²) >= 11 is 3.39. The van der Waals surface area contributed by atoms with Gasteiger partial charge in [0.15, 0.2) is 0 Å². The van der Waals surface area contributed by atoms with E-state index in [9.17, 15) is 9.59 Å². The molecule has 0 unspecified atom stereocenters. The number of hydrogen-bond donors (Lipinski definition) is 2. The Hall–Kier alpha value is -2.87. The van der Waals surface area contributed by atoms with Gasteiger partial charge in [0.25, 0.3) is 5.91 Å². The number of nitrogens with one attached hydrogen (secondary N) is 1.